The lowest BCUT2D eigenvalue weighted by molar-refractivity contribution is 0.0730. The summed E-state index contributed by atoms with van der Waals surface area (Å²) in [5.41, 5.74) is 9.43. The number of rotatable bonds is 9. The molecule has 154 valence electrons. The van der Waals surface area contributed by atoms with Crippen LogP contribution >= 0.6 is 0 Å². The van der Waals surface area contributed by atoms with Gasteiger partial charge >= 0.3 is 0 Å². The summed E-state index contributed by atoms with van der Waals surface area (Å²) in [6.45, 7) is 7.17. The van der Waals surface area contributed by atoms with E-state index in [-0.39, 0.29) is 5.91 Å². The molecule has 1 heterocycles. The quantitative estimate of drug-likeness (QED) is 0.433. The molecule has 6 nitrogen and oxygen atoms in total. The maximum atomic E-state index is 13.3. The van der Waals surface area contributed by atoms with Crippen LogP contribution in [-0.2, 0) is 24.4 Å². The molecule has 3 rings (SSSR count). The number of carbonyl (C=O) groups excluding carboxylic acids is 1. The molecule has 2 aromatic carbocycles. The molecule has 0 saturated carbocycles. The number of anilines is 1. The van der Waals surface area contributed by atoms with Gasteiger partial charge in [0.05, 0.1) is 19.8 Å². The Kier molecular flexibility index (Phi) is 7.29. The number of benzene rings is 2. The number of carbonyl (C=O) groups is 1. The predicted molar refractivity (Wildman–Crippen MR) is 117 cm³/mol. The number of aromatic nitrogens is 2. The summed E-state index contributed by atoms with van der Waals surface area (Å²) in [4.78, 5) is 23.5. The first-order valence-electron chi connectivity index (χ1n) is 9.75. The maximum Gasteiger partial charge on any atom is 0.254 e. The minimum absolute atomic E-state index is 0.0858. The molecule has 6 heteroatoms. The molecule has 0 saturated heterocycles. The number of hydrogen-bond donors (Lipinski definition) is 1. The number of nitrogen functional groups attached to an aromatic ring is 1. The van der Waals surface area contributed by atoms with Gasteiger partial charge in [-0.3, -0.25) is 4.79 Å². The van der Waals surface area contributed by atoms with Crippen molar-refractivity contribution in [3.05, 3.63) is 102 Å². The molecular weight excluding hydrogens is 376 g/mol. The smallest absolute Gasteiger partial charge is 0.254 e. The zero-order valence-corrected chi connectivity index (χ0v) is 17.1. The molecule has 0 aliphatic heterocycles. The first kappa shape index (κ1) is 21.2. The van der Waals surface area contributed by atoms with Gasteiger partial charge in [0, 0.05) is 23.9 Å². The van der Waals surface area contributed by atoms with Gasteiger partial charge in [0.2, 0.25) is 0 Å². The molecule has 1 amide bonds. The van der Waals surface area contributed by atoms with Gasteiger partial charge in [-0.15, -0.1) is 6.58 Å². The van der Waals surface area contributed by atoms with Crippen molar-refractivity contribution >= 4 is 11.7 Å². The number of nitrogens with zero attached hydrogens (tertiary/aromatic N) is 3. The van der Waals surface area contributed by atoms with E-state index in [1.54, 1.807) is 24.1 Å². The van der Waals surface area contributed by atoms with Gasteiger partial charge in [-0.05, 0) is 30.2 Å². The summed E-state index contributed by atoms with van der Waals surface area (Å²) >= 11 is 0. The first-order valence-corrected chi connectivity index (χ1v) is 9.75. The highest BCUT2D eigenvalue weighted by Crippen LogP contribution is 2.17. The number of amides is 1. The Morgan fingerprint density at radius 2 is 1.83 bits per heavy atom. The van der Waals surface area contributed by atoms with Gasteiger partial charge in [-0.25, -0.2) is 9.97 Å². The van der Waals surface area contributed by atoms with Gasteiger partial charge in [0.15, 0.2) is 0 Å². The Labute approximate surface area is 177 Å². The van der Waals surface area contributed by atoms with Crippen molar-refractivity contribution in [2.75, 3.05) is 12.3 Å². The minimum atomic E-state index is -0.0858. The molecule has 0 aliphatic carbocycles. The molecule has 0 radical (unpaired) electrons. The Morgan fingerprint density at radius 1 is 1.10 bits per heavy atom. The second-order valence-electron chi connectivity index (χ2n) is 6.98. The molecule has 0 unspecified atom stereocenters. The normalized spacial score (nSPS) is 10.6. The van der Waals surface area contributed by atoms with E-state index in [9.17, 15) is 4.79 Å². The monoisotopic (exact) mass is 402 g/mol. The maximum absolute atomic E-state index is 13.3. The van der Waals surface area contributed by atoms with E-state index in [4.69, 9.17) is 10.5 Å². The molecule has 0 bridgehead atoms. The van der Waals surface area contributed by atoms with Crippen LogP contribution in [0.3, 0.4) is 0 Å². The van der Waals surface area contributed by atoms with Crippen LogP contribution in [0.4, 0.5) is 5.82 Å². The fraction of sp³-hybridized carbons (Fsp3) is 0.208. The van der Waals surface area contributed by atoms with Gasteiger partial charge in [-0.2, -0.15) is 0 Å². The van der Waals surface area contributed by atoms with Crippen LogP contribution in [0.5, 0.6) is 0 Å². The average Bonchev–Trinajstić information content (AvgIpc) is 2.76. The van der Waals surface area contributed by atoms with Gasteiger partial charge in [0.1, 0.15) is 11.6 Å². The average molecular weight is 402 g/mol. The summed E-state index contributed by atoms with van der Waals surface area (Å²) in [7, 11) is 0. The van der Waals surface area contributed by atoms with Crippen molar-refractivity contribution in [2.45, 2.75) is 26.6 Å². The summed E-state index contributed by atoms with van der Waals surface area (Å²) in [6.07, 6.45) is 3.39. The highest BCUT2D eigenvalue weighted by Gasteiger charge is 2.18. The van der Waals surface area contributed by atoms with Crippen molar-refractivity contribution < 1.29 is 9.53 Å². The van der Waals surface area contributed by atoms with E-state index in [1.807, 2.05) is 54.6 Å². The third-order valence-electron chi connectivity index (χ3n) is 4.59. The third-order valence-corrected chi connectivity index (χ3v) is 4.59. The van der Waals surface area contributed by atoms with Crippen LogP contribution in [0.15, 0.2) is 73.4 Å². The van der Waals surface area contributed by atoms with Crippen LogP contribution in [0.2, 0.25) is 0 Å². The number of aryl methyl sites for hydroxylation is 1. The van der Waals surface area contributed by atoms with E-state index in [2.05, 4.69) is 16.5 Å². The summed E-state index contributed by atoms with van der Waals surface area (Å²) < 4.78 is 5.46. The van der Waals surface area contributed by atoms with Gasteiger partial charge in [-0.1, -0.05) is 48.5 Å². The van der Waals surface area contributed by atoms with Crippen molar-refractivity contribution in [1.29, 1.82) is 0 Å². The lowest BCUT2D eigenvalue weighted by Crippen LogP contribution is -2.30. The Morgan fingerprint density at radius 3 is 2.50 bits per heavy atom. The zero-order chi connectivity index (χ0) is 21.3. The van der Waals surface area contributed by atoms with Crippen molar-refractivity contribution in [2.24, 2.45) is 0 Å². The van der Waals surface area contributed by atoms with Gasteiger partial charge in [0.25, 0.3) is 5.91 Å². The molecule has 0 aliphatic rings. The third kappa shape index (κ3) is 5.75. The molecule has 0 fully saturated rings. The van der Waals surface area contributed by atoms with Crippen LogP contribution in [0.1, 0.15) is 32.9 Å². The molecule has 30 heavy (non-hydrogen) atoms. The fourth-order valence-electron chi connectivity index (χ4n) is 3.03. The lowest BCUT2D eigenvalue weighted by Gasteiger charge is -2.23. The van der Waals surface area contributed by atoms with E-state index in [0.717, 1.165) is 16.7 Å². The van der Waals surface area contributed by atoms with Crippen LogP contribution in [0.25, 0.3) is 0 Å². The van der Waals surface area contributed by atoms with E-state index in [0.29, 0.717) is 43.5 Å². The predicted octanol–water partition coefficient (Wildman–Crippen LogP) is 3.91. The lowest BCUT2D eigenvalue weighted by atomic mass is 10.1. The van der Waals surface area contributed by atoms with Crippen molar-refractivity contribution in [1.82, 2.24) is 14.9 Å². The second kappa shape index (κ2) is 10.3. The minimum Gasteiger partial charge on any atom is -0.383 e. The summed E-state index contributed by atoms with van der Waals surface area (Å²) in [6, 6.07) is 17.3. The zero-order valence-electron chi connectivity index (χ0n) is 17.1. The second-order valence-corrected chi connectivity index (χ2v) is 6.98. The molecule has 1 aromatic heterocycles. The van der Waals surface area contributed by atoms with E-state index in [1.165, 1.54) is 0 Å². The largest absolute Gasteiger partial charge is 0.383 e. The molecule has 0 spiro atoms. The molecular formula is C24H26N4O2. The molecule has 0 atom stereocenters. The number of hydrogen-bond acceptors (Lipinski definition) is 5. The Balaban J connectivity index is 1.81. The summed E-state index contributed by atoms with van der Waals surface area (Å²) in [5.74, 6) is 0.909. The Bertz CT molecular complexity index is 988. The van der Waals surface area contributed by atoms with Gasteiger partial charge < -0.3 is 15.4 Å². The number of nitrogens with two attached hydrogens (primary N) is 1. The fourth-order valence-corrected chi connectivity index (χ4v) is 3.03. The van der Waals surface area contributed by atoms with E-state index < -0.39 is 0 Å². The number of ether oxygens (including phenoxy) is 1. The highest BCUT2D eigenvalue weighted by atomic mass is 16.5. The van der Waals surface area contributed by atoms with Crippen LogP contribution < -0.4 is 5.73 Å². The van der Waals surface area contributed by atoms with Crippen molar-refractivity contribution in [3.8, 4) is 0 Å². The topological polar surface area (TPSA) is 81.3 Å². The van der Waals surface area contributed by atoms with Crippen LogP contribution in [0, 0.1) is 6.92 Å². The van der Waals surface area contributed by atoms with Crippen LogP contribution in [-0.4, -0.2) is 27.4 Å². The Hall–Kier alpha value is -3.51. The van der Waals surface area contributed by atoms with Crippen molar-refractivity contribution in [3.63, 3.8) is 0 Å². The standard InChI is InChI=1S/C24H26N4O2/c1-3-13-30-17-20-9-11-21(12-10-20)24(29)28(15-19-7-5-4-6-8-19)16-22-14-26-18(2)27-23(22)25/h3-12,14H,1,13,15-17H2,2H3,(H2,25,26,27). The first-order chi connectivity index (χ1) is 14.6. The SMILES string of the molecule is C=CCOCc1ccc(C(=O)N(Cc2ccccc2)Cc2cnc(C)nc2N)cc1. The highest BCUT2D eigenvalue weighted by molar-refractivity contribution is 5.94. The molecule has 2 N–H and O–H groups in total. The molecule has 3 aromatic rings. The van der Waals surface area contributed by atoms with E-state index >= 15 is 0 Å². The summed E-state index contributed by atoms with van der Waals surface area (Å²) in [5, 5.41) is 0.